The average molecular weight is 369 g/mol. The maximum absolute atomic E-state index is 10.9. The lowest BCUT2D eigenvalue weighted by molar-refractivity contribution is -0.118. The first-order valence-corrected chi connectivity index (χ1v) is 7.84. The number of benzene rings is 2. The zero-order valence-electron chi connectivity index (χ0n) is 13.6. The Balaban J connectivity index is 0.000000240. The molecule has 0 spiro atoms. The number of ether oxygens (including phenoxy) is 1. The molecule has 0 aliphatic rings. The number of rotatable bonds is 4. The van der Waals surface area contributed by atoms with Gasteiger partial charge in [0, 0.05) is 5.56 Å². The molecule has 128 valence electrons. The van der Waals surface area contributed by atoms with E-state index < -0.39 is 0 Å². The number of carbonyl (C=O) groups excluding carboxylic acids is 2. The van der Waals surface area contributed by atoms with Crippen molar-refractivity contribution in [2.45, 2.75) is 20.8 Å². The van der Waals surface area contributed by atoms with Gasteiger partial charge in [0.25, 0.3) is 0 Å². The van der Waals surface area contributed by atoms with Crippen LogP contribution in [0.25, 0.3) is 0 Å². The van der Waals surface area contributed by atoms with Gasteiger partial charge in [-0.3, -0.25) is 9.59 Å². The molecule has 24 heavy (non-hydrogen) atoms. The van der Waals surface area contributed by atoms with Crippen LogP contribution in [0.3, 0.4) is 0 Å². The smallest absolute Gasteiger partial charge is 0.167 e. The van der Waals surface area contributed by atoms with Crippen molar-refractivity contribution >= 4 is 34.8 Å². The molecule has 0 aromatic heterocycles. The van der Waals surface area contributed by atoms with E-state index in [0.29, 0.717) is 5.56 Å². The van der Waals surface area contributed by atoms with E-state index >= 15 is 0 Å². The molecule has 0 saturated carbocycles. The number of ketones is 2. The maximum Gasteiger partial charge on any atom is 0.167 e. The summed E-state index contributed by atoms with van der Waals surface area (Å²) in [6, 6.07) is 10.4. The molecule has 2 aromatic rings. The van der Waals surface area contributed by atoms with E-state index in [2.05, 4.69) is 0 Å². The molecule has 0 radical (unpaired) electrons. The monoisotopic (exact) mass is 368 g/mol. The number of aryl methyl sites for hydroxylation is 1. The Bertz CT molecular complexity index is 719. The Morgan fingerprint density at radius 1 is 1.08 bits per heavy atom. The van der Waals surface area contributed by atoms with Crippen molar-refractivity contribution in [3.8, 4) is 11.5 Å². The molecule has 0 heterocycles. The Morgan fingerprint density at radius 3 is 2.08 bits per heavy atom. The van der Waals surface area contributed by atoms with Gasteiger partial charge < -0.3 is 9.84 Å². The fourth-order valence-electron chi connectivity index (χ4n) is 1.67. The van der Waals surface area contributed by atoms with Crippen LogP contribution >= 0.6 is 23.2 Å². The Labute approximate surface area is 151 Å². The summed E-state index contributed by atoms with van der Waals surface area (Å²) in [7, 11) is 0. The first-order valence-electron chi connectivity index (χ1n) is 7.09. The van der Waals surface area contributed by atoms with Crippen molar-refractivity contribution in [2.75, 3.05) is 6.61 Å². The second-order valence-electron chi connectivity index (χ2n) is 5.10. The summed E-state index contributed by atoms with van der Waals surface area (Å²) in [5.41, 5.74) is 1.45. The molecule has 1 N–H and O–H groups in total. The van der Waals surface area contributed by atoms with Gasteiger partial charge in [0.1, 0.15) is 12.4 Å². The number of halogens is 2. The molecule has 6 heteroatoms. The molecule has 0 aliphatic heterocycles. The predicted octanol–water partition coefficient (Wildman–Crippen LogP) is 4.86. The Kier molecular flexibility index (Phi) is 7.75. The second kappa shape index (κ2) is 9.30. The van der Waals surface area contributed by atoms with E-state index in [9.17, 15) is 9.59 Å². The third-order valence-electron chi connectivity index (χ3n) is 2.95. The van der Waals surface area contributed by atoms with Crippen LogP contribution in [-0.2, 0) is 4.79 Å². The topological polar surface area (TPSA) is 63.6 Å². The van der Waals surface area contributed by atoms with Gasteiger partial charge >= 0.3 is 0 Å². The van der Waals surface area contributed by atoms with Crippen LogP contribution in [-0.4, -0.2) is 23.3 Å². The lowest BCUT2D eigenvalue weighted by atomic mass is 10.1. The summed E-state index contributed by atoms with van der Waals surface area (Å²) in [6.07, 6.45) is 0. The molecule has 2 rings (SSSR count). The summed E-state index contributed by atoms with van der Waals surface area (Å²) in [6.45, 7) is 5.03. The minimum Gasteiger partial charge on any atom is -0.505 e. The molecule has 0 atom stereocenters. The van der Waals surface area contributed by atoms with E-state index in [4.69, 9.17) is 33.0 Å². The molecular formula is C18H18Cl2O4. The number of hydrogen-bond donors (Lipinski definition) is 1. The van der Waals surface area contributed by atoms with Crippen LogP contribution < -0.4 is 4.74 Å². The zero-order chi connectivity index (χ0) is 18.3. The molecule has 0 amide bonds. The highest BCUT2D eigenvalue weighted by molar-refractivity contribution is 6.37. The maximum atomic E-state index is 10.9. The van der Waals surface area contributed by atoms with Crippen molar-refractivity contribution in [3.05, 3.63) is 57.6 Å². The zero-order valence-corrected chi connectivity index (χ0v) is 15.1. The van der Waals surface area contributed by atoms with Crippen molar-refractivity contribution in [2.24, 2.45) is 0 Å². The number of carbonyl (C=O) groups is 2. The summed E-state index contributed by atoms with van der Waals surface area (Å²) in [5, 5.41) is 9.32. The number of phenols is 1. The normalized spacial score (nSPS) is 9.71. The second-order valence-corrected chi connectivity index (χ2v) is 5.92. The third kappa shape index (κ3) is 6.22. The highest BCUT2D eigenvalue weighted by Gasteiger charge is 2.08. The Hall–Kier alpha value is -2.04. The molecular weight excluding hydrogens is 351 g/mol. The number of phenolic OH excluding ortho intramolecular Hbond substituents is 1. The van der Waals surface area contributed by atoms with Gasteiger partial charge in [-0.15, -0.1) is 0 Å². The van der Waals surface area contributed by atoms with Crippen molar-refractivity contribution in [1.29, 1.82) is 0 Å². The largest absolute Gasteiger partial charge is 0.505 e. The van der Waals surface area contributed by atoms with Gasteiger partial charge in [0.05, 0.1) is 10.0 Å². The number of Topliss-reactive ketones (excluding diaryl/α,β-unsaturated/α-hetero) is 2. The van der Waals surface area contributed by atoms with E-state index in [-0.39, 0.29) is 34.0 Å². The lowest BCUT2D eigenvalue weighted by Crippen LogP contribution is -2.07. The van der Waals surface area contributed by atoms with E-state index in [1.165, 1.54) is 26.0 Å². The number of para-hydroxylation sites is 1. The fraction of sp³-hybridized carbons (Fsp3) is 0.222. The van der Waals surface area contributed by atoms with Gasteiger partial charge in [0.15, 0.2) is 17.3 Å². The first-order chi connectivity index (χ1) is 11.2. The highest BCUT2D eigenvalue weighted by atomic mass is 35.5. The van der Waals surface area contributed by atoms with Crippen LogP contribution in [0.4, 0.5) is 0 Å². The molecule has 0 fully saturated rings. The van der Waals surface area contributed by atoms with Crippen LogP contribution in [0, 0.1) is 6.92 Å². The van der Waals surface area contributed by atoms with Gasteiger partial charge in [-0.25, -0.2) is 0 Å². The summed E-state index contributed by atoms with van der Waals surface area (Å²) in [5.74, 6) is 0.494. The minimum absolute atomic E-state index is 0.0400. The van der Waals surface area contributed by atoms with Crippen LogP contribution in [0.15, 0.2) is 36.4 Å². The van der Waals surface area contributed by atoms with Crippen LogP contribution in [0.2, 0.25) is 10.0 Å². The minimum atomic E-state index is -0.191. The van der Waals surface area contributed by atoms with Gasteiger partial charge in [-0.05, 0) is 44.5 Å². The van der Waals surface area contributed by atoms with Crippen LogP contribution in [0.1, 0.15) is 29.8 Å². The van der Waals surface area contributed by atoms with Crippen LogP contribution in [0.5, 0.6) is 11.5 Å². The first kappa shape index (κ1) is 20.0. The highest BCUT2D eigenvalue weighted by Crippen LogP contribution is 2.32. The third-order valence-corrected chi connectivity index (χ3v) is 3.52. The molecule has 0 bridgehead atoms. The van der Waals surface area contributed by atoms with E-state index in [1.54, 1.807) is 0 Å². The molecule has 0 aliphatic carbocycles. The summed E-state index contributed by atoms with van der Waals surface area (Å²) in [4.78, 5) is 21.5. The molecule has 0 unspecified atom stereocenters. The number of aromatic hydroxyl groups is 1. The van der Waals surface area contributed by atoms with Crippen molar-refractivity contribution < 1.29 is 19.4 Å². The number of hydrogen-bond acceptors (Lipinski definition) is 4. The Morgan fingerprint density at radius 2 is 1.62 bits per heavy atom. The molecule has 2 aromatic carbocycles. The average Bonchev–Trinajstić information content (AvgIpc) is 2.51. The predicted molar refractivity (Wildman–Crippen MR) is 95.5 cm³/mol. The quantitative estimate of drug-likeness (QED) is 0.782. The fourth-order valence-corrected chi connectivity index (χ4v) is 2.15. The van der Waals surface area contributed by atoms with Crippen molar-refractivity contribution in [1.82, 2.24) is 0 Å². The van der Waals surface area contributed by atoms with Gasteiger partial charge in [-0.2, -0.15) is 0 Å². The molecule has 4 nitrogen and oxygen atoms in total. The molecule has 0 saturated heterocycles. The lowest BCUT2D eigenvalue weighted by Gasteiger charge is -2.05. The SMILES string of the molecule is CC(=O)COc1ccccc1C.CC(=O)c1cc(Cl)c(O)c(Cl)c1. The van der Waals surface area contributed by atoms with E-state index in [0.717, 1.165) is 11.3 Å². The van der Waals surface area contributed by atoms with Crippen molar-refractivity contribution in [3.63, 3.8) is 0 Å². The van der Waals surface area contributed by atoms with Gasteiger partial charge in [-0.1, -0.05) is 41.4 Å². The standard InChI is InChI=1S/C10H12O2.C8H6Cl2O2/c1-8-5-3-4-6-10(8)12-7-9(2)11;1-4(11)5-2-6(9)8(12)7(10)3-5/h3-6H,7H2,1-2H3;2-3,12H,1H3. The van der Waals surface area contributed by atoms with Gasteiger partial charge in [0.2, 0.25) is 0 Å². The van der Waals surface area contributed by atoms with E-state index in [1.807, 2.05) is 31.2 Å². The summed E-state index contributed by atoms with van der Waals surface area (Å²) < 4.78 is 5.25. The summed E-state index contributed by atoms with van der Waals surface area (Å²) >= 11 is 11.2.